The maximum atomic E-state index is 5.56. The van der Waals surface area contributed by atoms with E-state index in [0.717, 1.165) is 32.0 Å². The Balaban J connectivity index is 1.88. The van der Waals surface area contributed by atoms with E-state index in [9.17, 15) is 0 Å². The Morgan fingerprint density at radius 1 is 1.53 bits per heavy atom. The first-order valence-corrected chi connectivity index (χ1v) is 7.58. The molecule has 0 aromatic carbocycles. The lowest BCUT2D eigenvalue weighted by Gasteiger charge is -2.33. The summed E-state index contributed by atoms with van der Waals surface area (Å²) in [6.45, 7) is 5.45. The number of nitrogens with zero attached hydrogens (tertiary/aromatic N) is 2. The first-order chi connectivity index (χ1) is 8.35. The van der Waals surface area contributed by atoms with Crippen molar-refractivity contribution < 1.29 is 0 Å². The highest BCUT2D eigenvalue weighted by Gasteiger charge is 2.24. The molecule has 0 aliphatic heterocycles. The van der Waals surface area contributed by atoms with Gasteiger partial charge in [-0.2, -0.15) is 0 Å². The van der Waals surface area contributed by atoms with Gasteiger partial charge in [-0.15, -0.1) is 11.3 Å². The third kappa shape index (κ3) is 3.27. The van der Waals surface area contributed by atoms with Crippen LogP contribution in [0.4, 0.5) is 0 Å². The highest BCUT2D eigenvalue weighted by atomic mass is 32.1. The number of unbranched alkanes of at least 4 members (excludes halogenated alkanes) is 1. The zero-order valence-electron chi connectivity index (χ0n) is 10.7. The van der Waals surface area contributed by atoms with E-state index in [1.54, 1.807) is 0 Å². The average Bonchev–Trinajstić information content (AvgIpc) is 2.82. The molecular formula is C13H23N3S. The van der Waals surface area contributed by atoms with Crippen LogP contribution in [-0.4, -0.2) is 35.6 Å². The van der Waals surface area contributed by atoms with Gasteiger partial charge in [-0.1, -0.05) is 6.92 Å². The normalized spacial score (nSPS) is 19.6. The fourth-order valence-electron chi connectivity index (χ4n) is 2.65. The Morgan fingerprint density at radius 2 is 2.41 bits per heavy atom. The fraction of sp³-hybridized carbons (Fsp3) is 0.769. The molecule has 1 unspecified atom stereocenters. The van der Waals surface area contributed by atoms with Gasteiger partial charge in [0.1, 0.15) is 0 Å². The minimum absolute atomic E-state index is 0.728. The van der Waals surface area contributed by atoms with Crippen LogP contribution >= 0.6 is 11.3 Å². The molecule has 2 rings (SSSR count). The highest BCUT2D eigenvalue weighted by Crippen LogP contribution is 2.26. The van der Waals surface area contributed by atoms with Crippen molar-refractivity contribution in [3.05, 3.63) is 16.1 Å². The van der Waals surface area contributed by atoms with E-state index in [-0.39, 0.29) is 0 Å². The van der Waals surface area contributed by atoms with Gasteiger partial charge in [-0.3, -0.25) is 0 Å². The minimum Gasteiger partial charge on any atom is -0.330 e. The fourth-order valence-corrected chi connectivity index (χ4v) is 3.54. The Hall–Kier alpha value is -0.450. The Morgan fingerprint density at radius 3 is 3.18 bits per heavy atom. The maximum Gasteiger partial charge on any atom is 0.0797 e. The van der Waals surface area contributed by atoms with E-state index >= 15 is 0 Å². The maximum absolute atomic E-state index is 5.56. The van der Waals surface area contributed by atoms with Gasteiger partial charge >= 0.3 is 0 Å². The first kappa shape index (κ1) is 13.0. The number of rotatable bonds is 6. The highest BCUT2D eigenvalue weighted by molar-refractivity contribution is 7.09. The number of nitrogens with two attached hydrogens (primary N) is 1. The van der Waals surface area contributed by atoms with E-state index in [0.29, 0.717) is 0 Å². The quantitative estimate of drug-likeness (QED) is 0.789. The van der Waals surface area contributed by atoms with Crippen molar-refractivity contribution in [3.8, 4) is 0 Å². The summed E-state index contributed by atoms with van der Waals surface area (Å²) in [7, 11) is 0. The third-order valence-corrected chi connectivity index (χ3v) is 4.58. The Labute approximate surface area is 108 Å². The zero-order chi connectivity index (χ0) is 12.1. The van der Waals surface area contributed by atoms with Gasteiger partial charge in [0.15, 0.2) is 0 Å². The van der Waals surface area contributed by atoms with E-state index in [2.05, 4.69) is 16.8 Å². The molecule has 96 valence electrons. The van der Waals surface area contributed by atoms with Crippen molar-refractivity contribution in [3.63, 3.8) is 0 Å². The van der Waals surface area contributed by atoms with Gasteiger partial charge in [-0.25, -0.2) is 4.98 Å². The second-order valence-electron chi connectivity index (χ2n) is 4.74. The minimum atomic E-state index is 0.728. The number of likely N-dealkylation sites (N-methyl/N-ethyl adjacent to an activating group) is 1. The van der Waals surface area contributed by atoms with Crippen LogP contribution in [0.3, 0.4) is 0 Å². The van der Waals surface area contributed by atoms with Crippen LogP contribution in [0.5, 0.6) is 0 Å². The second kappa shape index (κ2) is 6.47. The van der Waals surface area contributed by atoms with E-state index in [1.165, 1.54) is 36.4 Å². The molecule has 1 aromatic rings. The van der Waals surface area contributed by atoms with Gasteiger partial charge in [0.25, 0.3) is 0 Å². The van der Waals surface area contributed by atoms with Crippen LogP contribution in [-0.2, 0) is 12.8 Å². The summed E-state index contributed by atoms with van der Waals surface area (Å²) >= 11 is 1.83. The molecule has 1 atom stereocenters. The number of hydrogen-bond donors (Lipinski definition) is 1. The van der Waals surface area contributed by atoms with Crippen molar-refractivity contribution in [1.29, 1.82) is 0 Å². The smallest absolute Gasteiger partial charge is 0.0797 e. The number of aryl methyl sites for hydroxylation is 1. The van der Waals surface area contributed by atoms with Crippen LogP contribution in [0.1, 0.15) is 36.8 Å². The van der Waals surface area contributed by atoms with Gasteiger partial charge in [-0.05, 0) is 51.7 Å². The Bertz CT molecular complexity index is 337. The zero-order valence-corrected chi connectivity index (χ0v) is 11.5. The van der Waals surface area contributed by atoms with E-state index in [1.807, 2.05) is 16.8 Å². The molecule has 0 amide bonds. The third-order valence-electron chi connectivity index (χ3n) is 3.68. The van der Waals surface area contributed by atoms with Crippen molar-refractivity contribution in [2.24, 2.45) is 5.73 Å². The summed E-state index contributed by atoms with van der Waals surface area (Å²) in [4.78, 5) is 8.57. The molecule has 0 saturated carbocycles. The lowest BCUT2D eigenvalue weighted by Crippen LogP contribution is -2.39. The topological polar surface area (TPSA) is 42.1 Å². The second-order valence-corrected chi connectivity index (χ2v) is 5.68. The van der Waals surface area contributed by atoms with Crippen molar-refractivity contribution in [2.75, 3.05) is 19.6 Å². The molecule has 0 fully saturated rings. The molecule has 0 saturated heterocycles. The molecular weight excluding hydrogens is 230 g/mol. The number of hydrogen-bond acceptors (Lipinski definition) is 4. The molecule has 3 nitrogen and oxygen atoms in total. The number of aromatic nitrogens is 1. The van der Waals surface area contributed by atoms with E-state index < -0.39 is 0 Å². The molecule has 4 heteroatoms. The van der Waals surface area contributed by atoms with E-state index in [4.69, 9.17) is 5.73 Å². The lowest BCUT2D eigenvalue weighted by atomic mass is 9.96. The van der Waals surface area contributed by atoms with Crippen molar-refractivity contribution in [2.45, 2.75) is 45.1 Å². The summed E-state index contributed by atoms with van der Waals surface area (Å²) in [6.07, 6.45) is 6.02. The molecule has 0 bridgehead atoms. The molecule has 1 aliphatic rings. The molecule has 17 heavy (non-hydrogen) atoms. The van der Waals surface area contributed by atoms with Crippen molar-refractivity contribution >= 4 is 11.3 Å². The van der Waals surface area contributed by atoms with Crippen LogP contribution < -0.4 is 5.73 Å². The summed E-state index contributed by atoms with van der Waals surface area (Å²) in [5, 5.41) is 0. The largest absolute Gasteiger partial charge is 0.330 e. The van der Waals surface area contributed by atoms with Gasteiger partial charge in [0, 0.05) is 10.9 Å². The van der Waals surface area contributed by atoms with Gasteiger partial charge in [0.05, 0.1) is 11.2 Å². The summed E-state index contributed by atoms with van der Waals surface area (Å²) < 4.78 is 0. The summed E-state index contributed by atoms with van der Waals surface area (Å²) in [6, 6.07) is 0.728. The average molecular weight is 253 g/mol. The molecule has 0 radical (unpaired) electrons. The van der Waals surface area contributed by atoms with Crippen LogP contribution in [0.15, 0.2) is 5.51 Å². The lowest BCUT2D eigenvalue weighted by molar-refractivity contribution is 0.186. The molecule has 1 heterocycles. The molecule has 0 spiro atoms. The predicted octanol–water partition coefficient (Wildman–Crippen LogP) is 2.06. The van der Waals surface area contributed by atoms with Crippen molar-refractivity contribution in [1.82, 2.24) is 9.88 Å². The molecule has 2 N–H and O–H groups in total. The molecule has 1 aliphatic carbocycles. The standard InChI is InChI=1S/C13H23N3S/c1-2-16(8-4-3-7-14)11-5-6-12-13(9-11)17-10-15-12/h10-11H,2-9,14H2,1H3. The molecule has 1 aromatic heterocycles. The van der Waals surface area contributed by atoms with Gasteiger partial charge in [0.2, 0.25) is 0 Å². The number of thiazole rings is 1. The monoisotopic (exact) mass is 253 g/mol. The SMILES string of the molecule is CCN(CCCCN)C1CCc2ncsc2C1. The number of fused-ring (bicyclic) bond motifs is 1. The van der Waals surface area contributed by atoms with Crippen LogP contribution in [0, 0.1) is 0 Å². The van der Waals surface area contributed by atoms with Crippen LogP contribution in [0.2, 0.25) is 0 Å². The summed E-state index contributed by atoms with van der Waals surface area (Å²) in [5.74, 6) is 0. The van der Waals surface area contributed by atoms with Crippen LogP contribution in [0.25, 0.3) is 0 Å². The first-order valence-electron chi connectivity index (χ1n) is 6.70. The predicted molar refractivity (Wildman–Crippen MR) is 73.5 cm³/mol. The Kier molecular flexibility index (Phi) is 4.95. The van der Waals surface area contributed by atoms with Gasteiger partial charge < -0.3 is 10.6 Å². The summed E-state index contributed by atoms with van der Waals surface area (Å²) in [5.41, 5.74) is 8.91.